The Labute approximate surface area is 138 Å². The van der Waals surface area contributed by atoms with Crippen molar-refractivity contribution in [1.29, 1.82) is 0 Å². The molecule has 1 fully saturated rings. The predicted molar refractivity (Wildman–Crippen MR) is 85.2 cm³/mol. The average molecular weight is 326 g/mol. The van der Waals surface area contributed by atoms with E-state index in [1.807, 2.05) is 28.6 Å². The Balaban J connectivity index is 1.65. The van der Waals surface area contributed by atoms with Crippen molar-refractivity contribution in [3.63, 3.8) is 0 Å². The number of hydrogen-bond donors (Lipinski definition) is 0. The smallest absolute Gasteiger partial charge is 0.254 e. The number of likely N-dealkylation sites (tertiary alicyclic amines) is 1. The van der Waals surface area contributed by atoms with Gasteiger partial charge in [0.15, 0.2) is 5.82 Å². The largest absolute Gasteiger partial charge is 0.340 e. The zero-order valence-electron chi connectivity index (χ0n) is 13.6. The first-order valence-electron chi connectivity index (χ1n) is 8.12. The molecular weight excluding hydrogens is 308 g/mol. The lowest BCUT2D eigenvalue weighted by Crippen LogP contribution is -2.31. The molecule has 4 rings (SSSR count). The second-order valence-corrected chi connectivity index (χ2v) is 5.94. The third-order valence-corrected chi connectivity index (χ3v) is 4.42. The first kappa shape index (κ1) is 14.8. The van der Waals surface area contributed by atoms with Gasteiger partial charge < -0.3 is 9.42 Å². The van der Waals surface area contributed by atoms with Gasteiger partial charge in [-0.05, 0) is 38.0 Å². The molecule has 8 heteroatoms. The number of aromatic nitrogens is 5. The van der Waals surface area contributed by atoms with Gasteiger partial charge in [-0.1, -0.05) is 10.4 Å². The van der Waals surface area contributed by atoms with Gasteiger partial charge in [0.2, 0.25) is 5.89 Å². The minimum atomic E-state index is -0.128. The fraction of sp³-hybridized carbons (Fsp3) is 0.438. The molecule has 2 aromatic heterocycles. The zero-order chi connectivity index (χ0) is 16.7. The first-order valence-corrected chi connectivity index (χ1v) is 8.12. The lowest BCUT2D eigenvalue weighted by atomic mass is 10.1. The number of hydrogen-bond acceptors (Lipinski definition) is 6. The minimum Gasteiger partial charge on any atom is -0.340 e. The highest BCUT2D eigenvalue weighted by Crippen LogP contribution is 2.31. The Morgan fingerprint density at radius 3 is 3.04 bits per heavy atom. The zero-order valence-corrected chi connectivity index (χ0v) is 13.6. The maximum absolute atomic E-state index is 12.9. The van der Waals surface area contributed by atoms with Gasteiger partial charge in [0, 0.05) is 25.6 Å². The topological polar surface area (TPSA) is 89.9 Å². The molecule has 3 aromatic rings. The maximum atomic E-state index is 12.9. The van der Waals surface area contributed by atoms with Gasteiger partial charge in [-0.15, -0.1) is 5.10 Å². The highest BCUT2D eigenvalue weighted by Gasteiger charge is 2.33. The second kappa shape index (κ2) is 5.70. The second-order valence-electron chi connectivity index (χ2n) is 5.94. The number of nitrogens with zero attached hydrogens (tertiary/aromatic N) is 6. The molecule has 0 unspecified atom stereocenters. The Hall–Kier alpha value is -2.77. The standard InChI is InChI=1S/C16H18N6O2/c1-3-22-13-7-6-11(9-12(13)18-20-22)16(23)21-8-4-5-14(21)15-17-10(2)24-19-15/h6-7,9,14H,3-5,8H2,1-2H3/t14-/m1/s1. The van der Waals surface area contributed by atoms with Crippen LogP contribution < -0.4 is 0 Å². The first-order chi connectivity index (χ1) is 11.7. The molecule has 0 N–H and O–H groups in total. The Bertz CT molecular complexity index is 899. The van der Waals surface area contributed by atoms with Crippen molar-refractivity contribution >= 4 is 16.9 Å². The van der Waals surface area contributed by atoms with E-state index < -0.39 is 0 Å². The average Bonchev–Trinajstić information content (AvgIpc) is 3.31. The summed E-state index contributed by atoms with van der Waals surface area (Å²) in [4.78, 5) is 19.0. The molecule has 0 aliphatic carbocycles. The molecule has 1 amide bonds. The van der Waals surface area contributed by atoms with Crippen LogP contribution in [0.4, 0.5) is 0 Å². The van der Waals surface area contributed by atoms with Crippen molar-refractivity contribution < 1.29 is 9.32 Å². The van der Waals surface area contributed by atoms with Crippen LogP contribution in [0.2, 0.25) is 0 Å². The van der Waals surface area contributed by atoms with Crippen molar-refractivity contribution in [3.05, 3.63) is 35.5 Å². The van der Waals surface area contributed by atoms with Crippen molar-refractivity contribution in [2.45, 2.75) is 39.3 Å². The summed E-state index contributed by atoms with van der Waals surface area (Å²) >= 11 is 0. The Morgan fingerprint density at radius 2 is 2.29 bits per heavy atom. The molecule has 1 aromatic carbocycles. The molecule has 0 radical (unpaired) electrons. The summed E-state index contributed by atoms with van der Waals surface area (Å²) in [5.74, 6) is 1.06. The lowest BCUT2D eigenvalue weighted by Gasteiger charge is -2.22. The van der Waals surface area contributed by atoms with E-state index in [1.54, 1.807) is 13.0 Å². The van der Waals surface area contributed by atoms with Gasteiger partial charge in [0.1, 0.15) is 5.52 Å². The number of carbonyl (C=O) groups is 1. The quantitative estimate of drug-likeness (QED) is 0.732. The summed E-state index contributed by atoms with van der Waals surface area (Å²) in [6.07, 6.45) is 1.78. The van der Waals surface area contributed by atoms with Gasteiger partial charge in [-0.2, -0.15) is 4.98 Å². The van der Waals surface area contributed by atoms with Crippen molar-refractivity contribution in [3.8, 4) is 0 Å². The summed E-state index contributed by atoms with van der Waals surface area (Å²) in [7, 11) is 0. The Kier molecular flexibility index (Phi) is 3.51. The van der Waals surface area contributed by atoms with Gasteiger partial charge in [0.25, 0.3) is 5.91 Å². The number of benzene rings is 1. The van der Waals surface area contributed by atoms with Gasteiger partial charge in [-0.25, -0.2) is 4.68 Å². The van der Waals surface area contributed by atoms with E-state index in [4.69, 9.17) is 4.52 Å². The molecule has 0 bridgehead atoms. The van der Waals surface area contributed by atoms with Crippen LogP contribution in [0.3, 0.4) is 0 Å². The predicted octanol–water partition coefficient (Wildman–Crippen LogP) is 2.12. The fourth-order valence-electron chi connectivity index (χ4n) is 3.23. The number of aryl methyl sites for hydroxylation is 2. The molecule has 1 saturated heterocycles. The van der Waals surface area contributed by atoms with E-state index in [0.29, 0.717) is 23.8 Å². The lowest BCUT2D eigenvalue weighted by molar-refractivity contribution is 0.0728. The Morgan fingerprint density at radius 1 is 1.42 bits per heavy atom. The van der Waals surface area contributed by atoms with Gasteiger partial charge >= 0.3 is 0 Å². The third kappa shape index (κ3) is 2.34. The van der Waals surface area contributed by atoms with E-state index in [-0.39, 0.29) is 11.9 Å². The van der Waals surface area contributed by atoms with Gasteiger partial charge in [0.05, 0.1) is 11.6 Å². The molecule has 1 atom stereocenters. The van der Waals surface area contributed by atoms with Crippen LogP contribution in [0.5, 0.6) is 0 Å². The molecule has 8 nitrogen and oxygen atoms in total. The molecule has 3 heterocycles. The van der Waals surface area contributed by atoms with Crippen molar-refractivity contribution in [1.82, 2.24) is 30.0 Å². The van der Waals surface area contributed by atoms with Crippen LogP contribution in [-0.4, -0.2) is 42.5 Å². The summed E-state index contributed by atoms with van der Waals surface area (Å²) in [5, 5.41) is 12.2. The molecule has 1 aliphatic heterocycles. The van der Waals surface area contributed by atoms with E-state index in [2.05, 4.69) is 20.5 Å². The highest BCUT2D eigenvalue weighted by molar-refractivity contribution is 5.97. The summed E-state index contributed by atoms with van der Waals surface area (Å²) < 4.78 is 6.87. The number of fused-ring (bicyclic) bond motifs is 1. The molecule has 24 heavy (non-hydrogen) atoms. The summed E-state index contributed by atoms with van der Waals surface area (Å²) in [5.41, 5.74) is 2.27. The van der Waals surface area contributed by atoms with Crippen molar-refractivity contribution in [2.24, 2.45) is 0 Å². The van der Waals surface area contributed by atoms with Crippen LogP contribution in [0.25, 0.3) is 11.0 Å². The van der Waals surface area contributed by atoms with Crippen LogP contribution in [0.1, 0.15) is 47.9 Å². The number of rotatable bonds is 3. The third-order valence-electron chi connectivity index (χ3n) is 4.42. The van der Waals surface area contributed by atoms with E-state index >= 15 is 0 Å². The van der Waals surface area contributed by atoms with E-state index in [9.17, 15) is 4.79 Å². The summed E-state index contributed by atoms with van der Waals surface area (Å²) in [6, 6.07) is 5.40. The number of carbonyl (C=O) groups excluding carboxylic acids is 1. The van der Waals surface area contributed by atoms with Crippen LogP contribution in [0, 0.1) is 6.92 Å². The normalized spacial score (nSPS) is 17.8. The fourth-order valence-corrected chi connectivity index (χ4v) is 3.23. The van der Waals surface area contributed by atoms with E-state index in [0.717, 1.165) is 30.4 Å². The minimum absolute atomic E-state index is 0.0344. The molecular formula is C16H18N6O2. The molecule has 0 saturated carbocycles. The SMILES string of the molecule is CCn1nnc2cc(C(=O)N3CCC[C@@H]3c3noc(C)n3)ccc21. The van der Waals surface area contributed by atoms with Crippen LogP contribution in [-0.2, 0) is 6.54 Å². The van der Waals surface area contributed by atoms with Crippen molar-refractivity contribution in [2.75, 3.05) is 6.54 Å². The maximum Gasteiger partial charge on any atom is 0.254 e. The monoisotopic (exact) mass is 326 g/mol. The van der Waals surface area contributed by atoms with Crippen LogP contribution >= 0.6 is 0 Å². The summed E-state index contributed by atoms with van der Waals surface area (Å²) in [6.45, 7) is 5.20. The highest BCUT2D eigenvalue weighted by atomic mass is 16.5. The van der Waals surface area contributed by atoms with E-state index in [1.165, 1.54) is 0 Å². The molecule has 0 spiro atoms. The van der Waals surface area contributed by atoms with Crippen LogP contribution in [0.15, 0.2) is 22.7 Å². The number of amides is 1. The molecule has 124 valence electrons. The molecule has 1 aliphatic rings. The van der Waals surface area contributed by atoms with Gasteiger partial charge in [-0.3, -0.25) is 4.79 Å².